The Morgan fingerprint density at radius 3 is 2.65 bits per heavy atom. The van der Waals surface area contributed by atoms with Crippen LogP contribution in [0.2, 0.25) is 0 Å². The van der Waals surface area contributed by atoms with Gasteiger partial charge < -0.3 is 5.32 Å². The molecule has 0 aliphatic heterocycles. The molecule has 0 bridgehead atoms. The van der Waals surface area contributed by atoms with Crippen LogP contribution in [0.5, 0.6) is 0 Å². The van der Waals surface area contributed by atoms with E-state index in [0.717, 1.165) is 23.1 Å². The van der Waals surface area contributed by atoms with Crippen LogP contribution in [0.25, 0.3) is 0 Å². The van der Waals surface area contributed by atoms with Crippen LogP contribution >= 0.6 is 15.9 Å². The minimum absolute atomic E-state index is 0.239. The molecule has 1 aromatic heterocycles. The smallest absolute Gasteiger partial charge is 0.124 e. The average molecular weight is 295 g/mol. The predicted octanol–water partition coefficient (Wildman–Crippen LogP) is 3.64. The predicted molar refractivity (Wildman–Crippen MR) is 70.5 cm³/mol. The zero-order valence-corrected chi connectivity index (χ0v) is 10.7. The molecular formula is C13H12BrFN2. The van der Waals surface area contributed by atoms with Crippen molar-refractivity contribution >= 4 is 21.6 Å². The van der Waals surface area contributed by atoms with E-state index in [9.17, 15) is 4.39 Å². The molecule has 0 spiro atoms. The van der Waals surface area contributed by atoms with E-state index < -0.39 is 0 Å². The number of benzene rings is 1. The van der Waals surface area contributed by atoms with Gasteiger partial charge in [-0.3, -0.25) is 4.98 Å². The van der Waals surface area contributed by atoms with Gasteiger partial charge in [-0.05, 0) is 58.2 Å². The first-order valence-corrected chi connectivity index (χ1v) is 6.13. The summed E-state index contributed by atoms with van der Waals surface area (Å²) in [5.74, 6) is -0.239. The minimum atomic E-state index is -0.239. The highest BCUT2D eigenvalue weighted by atomic mass is 79.9. The van der Waals surface area contributed by atoms with E-state index >= 15 is 0 Å². The first-order valence-electron chi connectivity index (χ1n) is 5.33. The molecule has 1 aromatic carbocycles. The molecule has 0 saturated carbocycles. The quantitative estimate of drug-likeness (QED) is 0.931. The first kappa shape index (κ1) is 12.0. The summed E-state index contributed by atoms with van der Waals surface area (Å²) < 4.78 is 13.6. The second kappa shape index (κ2) is 5.77. The first-order chi connectivity index (χ1) is 8.25. The number of anilines is 1. The van der Waals surface area contributed by atoms with Crippen molar-refractivity contribution in [2.45, 2.75) is 6.42 Å². The zero-order valence-electron chi connectivity index (χ0n) is 9.16. The molecule has 88 valence electrons. The van der Waals surface area contributed by atoms with Gasteiger partial charge in [0.2, 0.25) is 0 Å². The third-order valence-electron chi connectivity index (χ3n) is 2.41. The SMILES string of the molecule is Fc1ccc(NCCc2ccncc2)c(Br)c1. The van der Waals surface area contributed by atoms with Crippen LogP contribution in [-0.2, 0) is 6.42 Å². The molecule has 2 rings (SSSR count). The van der Waals surface area contributed by atoms with Gasteiger partial charge in [0.25, 0.3) is 0 Å². The summed E-state index contributed by atoms with van der Waals surface area (Å²) >= 11 is 3.32. The van der Waals surface area contributed by atoms with Crippen LogP contribution in [0.15, 0.2) is 47.2 Å². The zero-order chi connectivity index (χ0) is 12.1. The Morgan fingerprint density at radius 1 is 1.18 bits per heavy atom. The standard InChI is InChI=1S/C13H12BrFN2/c14-12-9-11(15)1-2-13(12)17-8-5-10-3-6-16-7-4-10/h1-4,6-7,9,17H,5,8H2. The van der Waals surface area contributed by atoms with E-state index in [1.807, 2.05) is 12.1 Å². The summed E-state index contributed by atoms with van der Waals surface area (Å²) in [4.78, 5) is 3.97. The van der Waals surface area contributed by atoms with Crippen molar-refractivity contribution in [1.29, 1.82) is 0 Å². The summed E-state index contributed by atoms with van der Waals surface area (Å²) in [6, 6.07) is 8.60. The third-order valence-corrected chi connectivity index (χ3v) is 3.07. The summed E-state index contributed by atoms with van der Waals surface area (Å²) in [7, 11) is 0. The largest absolute Gasteiger partial charge is 0.384 e. The Labute approximate surface area is 108 Å². The van der Waals surface area contributed by atoms with Crippen molar-refractivity contribution < 1.29 is 4.39 Å². The average Bonchev–Trinajstić information content (AvgIpc) is 2.33. The molecule has 0 saturated heterocycles. The maximum Gasteiger partial charge on any atom is 0.124 e. The molecule has 0 amide bonds. The molecule has 4 heteroatoms. The number of rotatable bonds is 4. The second-order valence-electron chi connectivity index (χ2n) is 3.66. The van der Waals surface area contributed by atoms with Crippen LogP contribution in [0.3, 0.4) is 0 Å². The lowest BCUT2D eigenvalue weighted by molar-refractivity contribution is 0.627. The van der Waals surface area contributed by atoms with E-state index in [4.69, 9.17) is 0 Å². The van der Waals surface area contributed by atoms with Gasteiger partial charge in [-0.15, -0.1) is 0 Å². The van der Waals surface area contributed by atoms with Crippen LogP contribution in [0.4, 0.5) is 10.1 Å². The fourth-order valence-corrected chi connectivity index (χ4v) is 2.01. The molecule has 2 nitrogen and oxygen atoms in total. The monoisotopic (exact) mass is 294 g/mol. The molecule has 0 atom stereocenters. The van der Waals surface area contributed by atoms with E-state index in [-0.39, 0.29) is 5.82 Å². The van der Waals surface area contributed by atoms with Crippen LogP contribution in [0, 0.1) is 5.82 Å². The van der Waals surface area contributed by atoms with Crippen molar-refractivity contribution in [2.24, 2.45) is 0 Å². The molecule has 0 fully saturated rings. The number of halogens is 2. The van der Waals surface area contributed by atoms with Crippen molar-refractivity contribution in [1.82, 2.24) is 4.98 Å². The van der Waals surface area contributed by atoms with Crippen LogP contribution in [0.1, 0.15) is 5.56 Å². The summed E-state index contributed by atoms with van der Waals surface area (Å²) in [5.41, 5.74) is 2.13. The van der Waals surface area contributed by atoms with Gasteiger partial charge in [-0.1, -0.05) is 0 Å². The normalized spacial score (nSPS) is 10.2. The number of nitrogens with zero attached hydrogens (tertiary/aromatic N) is 1. The van der Waals surface area contributed by atoms with E-state index in [2.05, 4.69) is 26.2 Å². The van der Waals surface area contributed by atoms with Crippen molar-refractivity contribution in [3.8, 4) is 0 Å². The van der Waals surface area contributed by atoms with Gasteiger partial charge in [0, 0.05) is 29.1 Å². The Hall–Kier alpha value is -1.42. The van der Waals surface area contributed by atoms with Gasteiger partial charge >= 0.3 is 0 Å². The third kappa shape index (κ3) is 3.53. The van der Waals surface area contributed by atoms with Crippen molar-refractivity contribution in [2.75, 3.05) is 11.9 Å². The summed E-state index contributed by atoms with van der Waals surface area (Å²) in [6.45, 7) is 0.800. The molecular weight excluding hydrogens is 283 g/mol. The van der Waals surface area contributed by atoms with Crippen LogP contribution < -0.4 is 5.32 Å². The number of nitrogens with one attached hydrogen (secondary N) is 1. The fraction of sp³-hybridized carbons (Fsp3) is 0.154. The highest BCUT2D eigenvalue weighted by Gasteiger charge is 2.00. The molecule has 17 heavy (non-hydrogen) atoms. The molecule has 0 aliphatic carbocycles. The molecule has 0 unspecified atom stereocenters. The maximum absolute atomic E-state index is 12.9. The number of aromatic nitrogens is 1. The number of hydrogen-bond acceptors (Lipinski definition) is 2. The Morgan fingerprint density at radius 2 is 1.94 bits per heavy atom. The summed E-state index contributed by atoms with van der Waals surface area (Å²) in [5, 5.41) is 3.25. The van der Waals surface area contributed by atoms with Gasteiger partial charge in [0.05, 0.1) is 0 Å². The van der Waals surface area contributed by atoms with Crippen molar-refractivity contribution in [3.63, 3.8) is 0 Å². The molecule has 2 aromatic rings. The van der Waals surface area contributed by atoms with Crippen LogP contribution in [-0.4, -0.2) is 11.5 Å². The van der Waals surface area contributed by atoms with Gasteiger partial charge in [0.1, 0.15) is 5.82 Å². The molecule has 0 radical (unpaired) electrons. The molecule has 1 heterocycles. The lowest BCUT2D eigenvalue weighted by atomic mass is 10.2. The van der Waals surface area contributed by atoms with E-state index in [1.54, 1.807) is 18.5 Å². The van der Waals surface area contributed by atoms with Gasteiger partial charge in [-0.25, -0.2) is 4.39 Å². The number of hydrogen-bond donors (Lipinski definition) is 1. The van der Waals surface area contributed by atoms with E-state index in [1.165, 1.54) is 17.7 Å². The van der Waals surface area contributed by atoms with E-state index in [0.29, 0.717) is 0 Å². The van der Waals surface area contributed by atoms with Gasteiger partial charge in [0.15, 0.2) is 0 Å². The topological polar surface area (TPSA) is 24.9 Å². The summed E-state index contributed by atoms with van der Waals surface area (Å²) in [6.07, 6.45) is 4.47. The fourth-order valence-electron chi connectivity index (χ4n) is 1.52. The molecule has 1 N–H and O–H groups in total. The highest BCUT2D eigenvalue weighted by molar-refractivity contribution is 9.10. The number of pyridine rings is 1. The van der Waals surface area contributed by atoms with Gasteiger partial charge in [-0.2, -0.15) is 0 Å². The Bertz CT molecular complexity index is 488. The lowest BCUT2D eigenvalue weighted by Gasteiger charge is -2.08. The molecule has 0 aliphatic rings. The Kier molecular flexibility index (Phi) is 4.09. The second-order valence-corrected chi connectivity index (χ2v) is 4.51. The highest BCUT2D eigenvalue weighted by Crippen LogP contribution is 2.22. The Balaban J connectivity index is 1.90. The lowest BCUT2D eigenvalue weighted by Crippen LogP contribution is -2.05. The van der Waals surface area contributed by atoms with Crippen molar-refractivity contribution in [3.05, 3.63) is 58.6 Å². The maximum atomic E-state index is 12.9. The minimum Gasteiger partial charge on any atom is -0.384 e.